The van der Waals surface area contributed by atoms with Gasteiger partial charge in [0, 0.05) is 54.9 Å². The first kappa shape index (κ1) is 20.7. The van der Waals surface area contributed by atoms with E-state index in [1.807, 2.05) is 18.2 Å². The minimum Gasteiger partial charge on any atom is -0.303 e. The summed E-state index contributed by atoms with van der Waals surface area (Å²) < 4.78 is 0. The van der Waals surface area contributed by atoms with E-state index in [-0.39, 0.29) is 0 Å². The number of halogens is 1. The van der Waals surface area contributed by atoms with Gasteiger partial charge in [-0.2, -0.15) is 0 Å². The van der Waals surface area contributed by atoms with Gasteiger partial charge in [-0.25, -0.2) is 9.99 Å². The third-order valence-electron chi connectivity index (χ3n) is 5.62. The normalized spacial score (nSPS) is 16.8. The van der Waals surface area contributed by atoms with Gasteiger partial charge in [-0.3, -0.25) is 15.0 Å². The van der Waals surface area contributed by atoms with Gasteiger partial charge in [-0.05, 0) is 44.3 Å². The lowest BCUT2D eigenvalue weighted by Crippen LogP contribution is -2.45. The highest BCUT2D eigenvalue weighted by Crippen LogP contribution is 2.34. The molecule has 3 heterocycles. The topological polar surface area (TPSA) is 48.4 Å². The summed E-state index contributed by atoms with van der Waals surface area (Å²) in [5.41, 5.74) is 2.53. The summed E-state index contributed by atoms with van der Waals surface area (Å²) in [4.78, 5) is 16.2. The quantitative estimate of drug-likeness (QED) is 0.553. The molecule has 1 atom stereocenters. The molecule has 1 aromatic carbocycles. The number of rotatable bonds is 7. The molecule has 156 valence electrons. The fraction of sp³-hybridized carbons (Fsp3) is 0.348. The zero-order chi connectivity index (χ0) is 21.1. The largest absolute Gasteiger partial charge is 0.303 e. The SMILES string of the molecule is CCN(CC)CCN1C(C)C=CN1c1nccnc1-c1cc(Cl)c2ncccc2c1. The van der Waals surface area contributed by atoms with Crippen LogP contribution in [-0.4, -0.2) is 57.1 Å². The van der Waals surface area contributed by atoms with Crippen LogP contribution in [0, 0.1) is 0 Å². The third kappa shape index (κ3) is 4.03. The molecular formula is C23H27ClN6. The van der Waals surface area contributed by atoms with Crippen molar-refractivity contribution in [2.45, 2.75) is 26.8 Å². The fourth-order valence-corrected chi connectivity index (χ4v) is 4.14. The number of benzene rings is 1. The van der Waals surface area contributed by atoms with Crippen LogP contribution in [0.3, 0.4) is 0 Å². The van der Waals surface area contributed by atoms with Crippen molar-refractivity contribution in [1.29, 1.82) is 0 Å². The Bertz CT molecular complexity index is 1050. The molecule has 0 fully saturated rings. The van der Waals surface area contributed by atoms with Crippen molar-refractivity contribution in [1.82, 2.24) is 24.9 Å². The third-order valence-corrected chi connectivity index (χ3v) is 5.91. The number of hydrazine groups is 1. The van der Waals surface area contributed by atoms with Crippen LogP contribution in [0.5, 0.6) is 0 Å². The maximum absolute atomic E-state index is 6.54. The van der Waals surface area contributed by atoms with Gasteiger partial charge >= 0.3 is 0 Å². The first-order valence-corrected chi connectivity index (χ1v) is 10.8. The minimum absolute atomic E-state index is 0.291. The van der Waals surface area contributed by atoms with Crippen LogP contribution in [0.1, 0.15) is 20.8 Å². The molecule has 0 saturated heterocycles. The summed E-state index contributed by atoms with van der Waals surface area (Å²) in [5, 5.41) is 6.05. The molecule has 1 aliphatic rings. The highest BCUT2D eigenvalue weighted by atomic mass is 35.5. The van der Waals surface area contributed by atoms with Crippen molar-refractivity contribution in [3.8, 4) is 11.3 Å². The van der Waals surface area contributed by atoms with Crippen molar-refractivity contribution in [3.05, 3.63) is 60.2 Å². The van der Waals surface area contributed by atoms with Gasteiger partial charge in [0.15, 0.2) is 5.82 Å². The number of fused-ring (bicyclic) bond motifs is 1. The Kier molecular flexibility index (Phi) is 6.27. The highest BCUT2D eigenvalue weighted by Gasteiger charge is 2.28. The molecular weight excluding hydrogens is 396 g/mol. The molecule has 30 heavy (non-hydrogen) atoms. The summed E-state index contributed by atoms with van der Waals surface area (Å²) >= 11 is 6.54. The zero-order valence-corrected chi connectivity index (χ0v) is 18.4. The first-order valence-electron chi connectivity index (χ1n) is 10.4. The molecule has 1 unspecified atom stereocenters. The molecule has 3 aromatic rings. The van der Waals surface area contributed by atoms with Crippen LogP contribution in [-0.2, 0) is 0 Å². The van der Waals surface area contributed by atoms with Crippen molar-refractivity contribution < 1.29 is 0 Å². The van der Waals surface area contributed by atoms with E-state index in [2.05, 4.69) is 64.0 Å². The van der Waals surface area contributed by atoms with Crippen LogP contribution < -0.4 is 5.01 Å². The van der Waals surface area contributed by atoms with E-state index in [1.54, 1.807) is 18.6 Å². The second kappa shape index (κ2) is 9.08. The molecule has 4 rings (SSSR count). The Morgan fingerprint density at radius 3 is 2.67 bits per heavy atom. The number of nitrogens with zero attached hydrogens (tertiary/aromatic N) is 6. The van der Waals surface area contributed by atoms with Gasteiger partial charge in [0.05, 0.1) is 10.5 Å². The van der Waals surface area contributed by atoms with Crippen molar-refractivity contribution in [2.75, 3.05) is 31.2 Å². The number of likely N-dealkylation sites (N-methyl/N-ethyl adjacent to an activating group) is 1. The molecule has 6 nitrogen and oxygen atoms in total. The number of hydrogen-bond acceptors (Lipinski definition) is 6. The molecule has 0 amide bonds. The average Bonchev–Trinajstić information content (AvgIpc) is 3.14. The summed E-state index contributed by atoms with van der Waals surface area (Å²) in [6.07, 6.45) is 9.50. The lowest BCUT2D eigenvalue weighted by Gasteiger charge is -2.33. The van der Waals surface area contributed by atoms with Gasteiger partial charge in [0.2, 0.25) is 0 Å². The number of aromatic nitrogens is 3. The summed E-state index contributed by atoms with van der Waals surface area (Å²) in [7, 11) is 0. The molecule has 0 spiro atoms. The van der Waals surface area contributed by atoms with Crippen molar-refractivity contribution in [2.24, 2.45) is 0 Å². The van der Waals surface area contributed by atoms with E-state index in [0.29, 0.717) is 11.1 Å². The summed E-state index contributed by atoms with van der Waals surface area (Å²) in [5.74, 6) is 0.803. The predicted molar refractivity (Wildman–Crippen MR) is 123 cm³/mol. The smallest absolute Gasteiger partial charge is 0.174 e. The lowest BCUT2D eigenvalue weighted by atomic mass is 10.1. The van der Waals surface area contributed by atoms with Crippen LogP contribution in [0.2, 0.25) is 5.02 Å². The van der Waals surface area contributed by atoms with Crippen molar-refractivity contribution >= 4 is 28.3 Å². The van der Waals surface area contributed by atoms with Crippen LogP contribution in [0.4, 0.5) is 5.82 Å². The van der Waals surface area contributed by atoms with Gasteiger partial charge in [0.25, 0.3) is 0 Å². The van der Waals surface area contributed by atoms with E-state index >= 15 is 0 Å². The van der Waals surface area contributed by atoms with Crippen molar-refractivity contribution in [3.63, 3.8) is 0 Å². The average molecular weight is 423 g/mol. The second-order valence-corrected chi connectivity index (χ2v) is 7.79. The standard InChI is InChI=1S/C23H27ClN6/c1-4-28(5-2)13-14-29-17(3)8-12-30(29)23-22(26-10-11-27-23)19-15-18-7-6-9-25-21(18)20(24)16-19/h6-12,15-17H,4-5,13-14H2,1-3H3. The maximum Gasteiger partial charge on any atom is 0.174 e. The first-order chi connectivity index (χ1) is 14.6. The Hall–Kier alpha value is -2.54. The lowest BCUT2D eigenvalue weighted by molar-refractivity contribution is 0.204. The molecule has 0 radical (unpaired) electrons. The van der Waals surface area contributed by atoms with E-state index in [4.69, 9.17) is 16.6 Å². The van der Waals surface area contributed by atoms with Gasteiger partial charge in [-0.1, -0.05) is 31.5 Å². The minimum atomic E-state index is 0.291. The monoisotopic (exact) mass is 422 g/mol. The van der Waals surface area contributed by atoms with E-state index < -0.39 is 0 Å². The zero-order valence-electron chi connectivity index (χ0n) is 17.7. The summed E-state index contributed by atoms with van der Waals surface area (Å²) in [6.45, 7) is 10.6. The van der Waals surface area contributed by atoms with E-state index in [0.717, 1.165) is 54.2 Å². The second-order valence-electron chi connectivity index (χ2n) is 7.38. The molecule has 0 saturated carbocycles. The van der Waals surface area contributed by atoms with Gasteiger partial charge < -0.3 is 4.90 Å². The highest BCUT2D eigenvalue weighted by molar-refractivity contribution is 6.35. The molecule has 2 aromatic heterocycles. The molecule has 7 heteroatoms. The number of hydrogen-bond donors (Lipinski definition) is 0. The Morgan fingerprint density at radius 1 is 1.07 bits per heavy atom. The number of pyridine rings is 1. The number of anilines is 1. The van der Waals surface area contributed by atoms with E-state index in [9.17, 15) is 0 Å². The Balaban J connectivity index is 1.70. The van der Waals surface area contributed by atoms with Gasteiger partial charge in [0.1, 0.15) is 5.69 Å². The van der Waals surface area contributed by atoms with Crippen LogP contribution in [0.25, 0.3) is 22.2 Å². The van der Waals surface area contributed by atoms with Crippen LogP contribution >= 0.6 is 11.6 Å². The van der Waals surface area contributed by atoms with Crippen LogP contribution in [0.15, 0.2) is 55.1 Å². The van der Waals surface area contributed by atoms with E-state index in [1.165, 1.54) is 0 Å². The molecule has 1 aliphatic heterocycles. The maximum atomic E-state index is 6.54. The molecule has 0 N–H and O–H groups in total. The summed E-state index contributed by atoms with van der Waals surface area (Å²) in [6, 6.07) is 8.22. The molecule has 0 bridgehead atoms. The van der Waals surface area contributed by atoms with Gasteiger partial charge in [-0.15, -0.1) is 0 Å². The Morgan fingerprint density at radius 2 is 1.87 bits per heavy atom. The predicted octanol–water partition coefficient (Wildman–Crippen LogP) is 4.63. The Labute approximate surface area is 182 Å². The molecule has 0 aliphatic carbocycles. The fourth-order valence-electron chi connectivity index (χ4n) is 3.86.